The van der Waals surface area contributed by atoms with E-state index in [2.05, 4.69) is 40.9 Å². The molecule has 126 valence electrons. The van der Waals surface area contributed by atoms with Crippen LogP contribution in [-0.4, -0.2) is 14.8 Å². The molecule has 3 nitrogen and oxygen atoms in total. The first-order chi connectivity index (χ1) is 11.5. The second-order valence-electron chi connectivity index (χ2n) is 5.37. The summed E-state index contributed by atoms with van der Waals surface area (Å²) in [6.07, 6.45) is 0. The van der Waals surface area contributed by atoms with Gasteiger partial charge in [0.2, 0.25) is 0 Å². The summed E-state index contributed by atoms with van der Waals surface area (Å²) < 4.78 is 16.0. The molecular weight excluding hydrogens is 365 g/mol. The molecule has 2 aromatic heterocycles. The van der Waals surface area contributed by atoms with Crippen LogP contribution in [0.5, 0.6) is 0 Å². The molecule has 0 aliphatic carbocycles. The van der Waals surface area contributed by atoms with Crippen molar-refractivity contribution in [1.29, 1.82) is 0 Å². The fourth-order valence-electron chi connectivity index (χ4n) is 2.42. The van der Waals surface area contributed by atoms with Crippen LogP contribution in [0.25, 0.3) is 11.4 Å². The minimum absolute atomic E-state index is 0.290. The molecule has 0 spiro atoms. The van der Waals surface area contributed by atoms with E-state index in [4.69, 9.17) is 11.6 Å². The Labute approximate surface area is 153 Å². The molecule has 0 unspecified atom stereocenters. The lowest BCUT2D eigenvalue weighted by molar-refractivity contribution is 0.617. The van der Waals surface area contributed by atoms with Crippen LogP contribution in [0.4, 0.5) is 4.39 Å². The van der Waals surface area contributed by atoms with Gasteiger partial charge < -0.3 is 4.57 Å². The molecule has 24 heavy (non-hydrogen) atoms. The number of nitrogens with zero attached hydrogens (tertiary/aromatic N) is 3. The summed E-state index contributed by atoms with van der Waals surface area (Å²) in [5.74, 6) is 0.995. The van der Waals surface area contributed by atoms with E-state index in [-0.39, 0.29) is 5.82 Å². The molecular formula is C17H17ClFN3S2. The zero-order chi connectivity index (χ0) is 17.3. The molecule has 0 saturated carbocycles. The Morgan fingerprint density at radius 2 is 2.08 bits per heavy atom. The zero-order valence-corrected chi connectivity index (χ0v) is 16.0. The molecule has 2 heterocycles. The first-order valence-corrected chi connectivity index (χ1v) is 9.81. The van der Waals surface area contributed by atoms with Crippen molar-refractivity contribution in [2.75, 3.05) is 0 Å². The summed E-state index contributed by atoms with van der Waals surface area (Å²) in [6, 6.07) is 4.74. The molecule has 0 atom stereocenters. The molecule has 0 fully saturated rings. The van der Waals surface area contributed by atoms with Crippen LogP contribution in [0.15, 0.2) is 28.7 Å². The van der Waals surface area contributed by atoms with E-state index < -0.39 is 0 Å². The highest BCUT2D eigenvalue weighted by Gasteiger charge is 2.17. The largest absolute Gasteiger partial charge is 0.302 e. The maximum absolute atomic E-state index is 13.9. The van der Waals surface area contributed by atoms with E-state index in [0.29, 0.717) is 16.3 Å². The third-order valence-corrected chi connectivity index (χ3v) is 6.33. The Hall–Kier alpha value is -1.37. The number of aromatic nitrogens is 3. The maximum Gasteiger partial charge on any atom is 0.191 e. The van der Waals surface area contributed by atoms with Crippen LogP contribution in [0.1, 0.15) is 22.9 Å². The Morgan fingerprint density at radius 1 is 1.29 bits per heavy atom. The van der Waals surface area contributed by atoms with Gasteiger partial charge in [0.1, 0.15) is 5.82 Å². The number of hydrogen-bond acceptors (Lipinski definition) is 4. The second-order valence-corrected chi connectivity index (χ2v) is 7.80. The molecule has 0 N–H and O–H groups in total. The number of rotatable bonds is 5. The van der Waals surface area contributed by atoms with Crippen LogP contribution in [0.3, 0.4) is 0 Å². The van der Waals surface area contributed by atoms with E-state index in [1.807, 2.05) is 0 Å². The van der Waals surface area contributed by atoms with E-state index in [1.165, 1.54) is 28.3 Å². The van der Waals surface area contributed by atoms with Gasteiger partial charge >= 0.3 is 0 Å². The van der Waals surface area contributed by atoms with Crippen molar-refractivity contribution in [3.8, 4) is 11.4 Å². The summed E-state index contributed by atoms with van der Waals surface area (Å²) in [4.78, 5) is 1.28. The van der Waals surface area contributed by atoms with Gasteiger partial charge in [0.25, 0.3) is 0 Å². The van der Waals surface area contributed by atoms with Crippen molar-refractivity contribution in [1.82, 2.24) is 14.8 Å². The number of thioether (sulfide) groups is 1. The standard InChI is InChI=1S/C17H17ClFN3S2/c1-4-22-16(12-8-23-11(3)10(12)2)20-21-17(22)24-9-13-14(18)6-5-7-15(13)19/h5-8H,4,9H2,1-3H3. The molecule has 0 bridgehead atoms. The van der Waals surface area contributed by atoms with Crippen LogP contribution in [0, 0.1) is 19.7 Å². The Morgan fingerprint density at radius 3 is 2.71 bits per heavy atom. The van der Waals surface area contributed by atoms with E-state index in [9.17, 15) is 4.39 Å². The lowest BCUT2D eigenvalue weighted by Crippen LogP contribution is -2.00. The van der Waals surface area contributed by atoms with Gasteiger partial charge in [-0.1, -0.05) is 29.4 Å². The summed E-state index contributed by atoms with van der Waals surface area (Å²) in [6.45, 7) is 7.01. The van der Waals surface area contributed by atoms with E-state index >= 15 is 0 Å². The lowest BCUT2D eigenvalue weighted by Gasteiger charge is -2.08. The van der Waals surface area contributed by atoms with Gasteiger partial charge in [-0.05, 0) is 38.5 Å². The number of hydrogen-bond donors (Lipinski definition) is 0. The molecule has 0 radical (unpaired) electrons. The minimum atomic E-state index is -0.290. The molecule has 7 heteroatoms. The maximum atomic E-state index is 13.9. The van der Waals surface area contributed by atoms with Crippen molar-refractivity contribution in [2.24, 2.45) is 0 Å². The Balaban J connectivity index is 1.89. The topological polar surface area (TPSA) is 30.7 Å². The predicted molar refractivity (Wildman–Crippen MR) is 99.5 cm³/mol. The summed E-state index contributed by atoms with van der Waals surface area (Å²) in [5, 5.41) is 12.0. The van der Waals surface area contributed by atoms with Crippen LogP contribution in [0.2, 0.25) is 5.02 Å². The van der Waals surface area contributed by atoms with Crippen molar-refractivity contribution < 1.29 is 4.39 Å². The van der Waals surface area contributed by atoms with Gasteiger partial charge in [-0.2, -0.15) is 0 Å². The number of halogens is 2. The van der Waals surface area contributed by atoms with Crippen molar-refractivity contribution in [3.63, 3.8) is 0 Å². The average Bonchev–Trinajstić information content (AvgIpc) is 3.10. The smallest absolute Gasteiger partial charge is 0.191 e. The molecule has 0 amide bonds. The van der Waals surface area contributed by atoms with Crippen molar-refractivity contribution in [2.45, 2.75) is 38.2 Å². The fraction of sp³-hybridized carbons (Fsp3) is 0.294. The van der Waals surface area contributed by atoms with Gasteiger partial charge in [-0.15, -0.1) is 21.5 Å². The molecule has 3 rings (SSSR count). The summed E-state index contributed by atoms with van der Waals surface area (Å²) >= 11 is 9.26. The number of thiophene rings is 1. The third kappa shape index (κ3) is 3.23. The van der Waals surface area contributed by atoms with Gasteiger partial charge in [0.05, 0.1) is 0 Å². The number of aryl methyl sites for hydroxylation is 1. The van der Waals surface area contributed by atoms with Crippen molar-refractivity contribution in [3.05, 3.63) is 50.4 Å². The lowest BCUT2D eigenvalue weighted by atomic mass is 10.1. The van der Waals surface area contributed by atoms with Crippen molar-refractivity contribution >= 4 is 34.7 Å². The Kier molecular flexibility index (Phi) is 5.27. The van der Waals surface area contributed by atoms with Crippen LogP contribution >= 0.6 is 34.7 Å². The van der Waals surface area contributed by atoms with Gasteiger partial charge in [-0.3, -0.25) is 0 Å². The third-order valence-electron chi connectivity index (χ3n) is 3.97. The number of benzene rings is 1. The highest BCUT2D eigenvalue weighted by atomic mass is 35.5. The molecule has 1 aromatic carbocycles. The highest BCUT2D eigenvalue weighted by Crippen LogP contribution is 2.33. The van der Waals surface area contributed by atoms with Gasteiger partial charge in [0.15, 0.2) is 11.0 Å². The molecule has 3 aromatic rings. The van der Waals surface area contributed by atoms with E-state index in [1.54, 1.807) is 23.5 Å². The monoisotopic (exact) mass is 381 g/mol. The molecule has 0 aliphatic rings. The summed E-state index contributed by atoms with van der Waals surface area (Å²) in [7, 11) is 0. The predicted octanol–water partition coefficient (Wildman–Crippen LogP) is 5.73. The molecule has 0 saturated heterocycles. The quantitative estimate of drug-likeness (QED) is 0.529. The van der Waals surface area contributed by atoms with Crippen LogP contribution in [-0.2, 0) is 12.3 Å². The van der Waals surface area contributed by atoms with Crippen LogP contribution < -0.4 is 0 Å². The fourth-order valence-corrected chi connectivity index (χ4v) is 4.63. The second kappa shape index (κ2) is 7.25. The average molecular weight is 382 g/mol. The highest BCUT2D eigenvalue weighted by molar-refractivity contribution is 7.98. The zero-order valence-electron chi connectivity index (χ0n) is 13.6. The Bertz CT molecular complexity index is 853. The van der Waals surface area contributed by atoms with E-state index in [0.717, 1.165) is 23.1 Å². The summed E-state index contributed by atoms with van der Waals surface area (Å²) in [5.41, 5.74) is 2.84. The van der Waals surface area contributed by atoms with Gasteiger partial charge in [-0.25, -0.2) is 4.39 Å². The molecule has 0 aliphatic heterocycles. The normalized spacial score (nSPS) is 11.2. The first kappa shape index (κ1) is 17.5. The van der Waals surface area contributed by atoms with Gasteiger partial charge in [0, 0.05) is 38.7 Å². The first-order valence-electron chi connectivity index (χ1n) is 7.56. The SMILES string of the molecule is CCn1c(SCc2c(F)cccc2Cl)nnc1-c1csc(C)c1C. The minimum Gasteiger partial charge on any atom is -0.302 e.